The number of nitrogens with zero attached hydrogens (tertiary/aromatic N) is 2. The Kier molecular flexibility index (Phi) is 6.09. The van der Waals surface area contributed by atoms with Crippen molar-refractivity contribution in [2.24, 2.45) is 0 Å². The predicted octanol–water partition coefficient (Wildman–Crippen LogP) is 3.84. The predicted molar refractivity (Wildman–Crippen MR) is 144 cm³/mol. The highest BCUT2D eigenvalue weighted by Gasteiger charge is 2.56. The van der Waals surface area contributed by atoms with Crippen molar-refractivity contribution in [2.45, 2.75) is 16.4 Å². The van der Waals surface area contributed by atoms with Crippen LogP contribution in [0.25, 0.3) is 10.9 Å². The molecule has 0 aliphatic carbocycles. The number of hydrogen-bond donors (Lipinski definition) is 3. The fourth-order valence-electron chi connectivity index (χ4n) is 5.75. The van der Waals surface area contributed by atoms with Gasteiger partial charge in [-0.05, 0) is 54.1 Å². The SMILES string of the molecule is COc1ccc2c3c([nH]c2c1)[C@H](CO)N(C(=O)Nc1ccc(F)cc1)CC31CN(S(=O)(=O)c2ccccc2)C1. The van der Waals surface area contributed by atoms with Crippen LogP contribution in [0.4, 0.5) is 14.9 Å². The number of amides is 2. The number of sulfonamides is 1. The summed E-state index contributed by atoms with van der Waals surface area (Å²) in [5.74, 6) is 0.217. The molecule has 0 radical (unpaired) electrons. The van der Waals surface area contributed by atoms with Crippen LogP contribution in [-0.4, -0.2) is 67.1 Å². The van der Waals surface area contributed by atoms with Crippen LogP contribution < -0.4 is 10.1 Å². The van der Waals surface area contributed by atoms with Gasteiger partial charge in [0, 0.05) is 53.4 Å². The van der Waals surface area contributed by atoms with Crippen LogP contribution in [0.2, 0.25) is 0 Å². The third-order valence-corrected chi connectivity index (χ3v) is 9.42. The number of benzene rings is 3. The van der Waals surface area contributed by atoms with Gasteiger partial charge < -0.3 is 25.0 Å². The number of rotatable bonds is 5. The summed E-state index contributed by atoms with van der Waals surface area (Å²) in [5, 5.41) is 14.1. The molecule has 2 amide bonds. The lowest BCUT2D eigenvalue weighted by Crippen LogP contribution is -2.68. The van der Waals surface area contributed by atoms with Crippen LogP contribution in [0.3, 0.4) is 0 Å². The van der Waals surface area contributed by atoms with Crippen molar-refractivity contribution in [3.63, 3.8) is 0 Å². The molecular weight excluding hydrogens is 523 g/mol. The van der Waals surface area contributed by atoms with E-state index in [1.807, 2.05) is 18.2 Å². The molecule has 1 atom stereocenters. The zero-order chi connectivity index (χ0) is 27.4. The molecule has 3 aromatic carbocycles. The second-order valence-electron chi connectivity index (χ2n) is 9.95. The molecule has 6 rings (SSSR count). The Hall–Kier alpha value is -3.93. The minimum atomic E-state index is -3.74. The maximum absolute atomic E-state index is 13.5. The van der Waals surface area contributed by atoms with E-state index in [-0.39, 0.29) is 31.1 Å². The van der Waals surface area contributed by atoms with Crippen molar-refractivity contribution in [3.8, 4) is 5.75 Å². The van der Waals surface area contributed by atoms with Gasteiger partial charge in [0.05, 0.1) is 24.7 Å². The summed E-state index contributed by atoms with van der Waals surface area (Å²) >= 11 is 0. The first-order valence-electron chi connectivity index (χ1n) is 12.4. The first-order valence-corrected chi connectivity index (χ1v) is 13.9. The van der Waals surface area contributed by atoms with Gasteiger partial charge in [-0.25, -0.2) is 17.6 Å². The number of ether oxygens (including phenoxy) is 1. The van der Waals surface area contributed by atoms with Crippen LogP contribution in [0.15, 0.2) is 77.7 Å². The second kappa shape index (κ2) is 9.37. The van der Waals surface area contributed by atoms with Gasteiger partial charge in [0.1, 0.15) is 11.6 Å². The molecule has 9 nitrogen and oxygen atoms in total. The molecule has 1 aromatic heterocycles. The highest BCUT2D eigenvalue weighted by atomic mass is 32.2. The quantitative estimate of drug-likeness (QED) is 0.349. The number of urea groups is 1. The van der Waals surface area contributed by atoms with E-state index in [2.05, 4.69) is 10.3 Å². The Labute approximate surface area is 224 Å². The Bertz CT molecular complexity index is 1650. The third-order valence-electron chi connectivity index (χ3n) is 7.62. The number of methoxy groups -OCH3 is 1. The molecule has 0 bridgehead atoms. The van der Waals surface area contributed by atoms with E-state index in [4.69, 9.17) is 4.74 Å². The van der Waals surface area contributed by atoms with Crippen LogP contribution in [-0.2, 0) is 15.4 Å². The summed E-state index contributed by atoms with van der Waals surface area (Å²) in [4.78, 5) is 18.6. The van der Waals surface area contributed by atoms with E-state index in [0.717, 1.165) is 16.5 Å². The van der Waals surface area contributed by atoms with Gasteiger partial charge >= 0.3 is 6.03 Å². The average Bonchev–Trinajstić information content (AvgIpc) is 3.31. The summed E-state index contributed by atoms with van der Waals surface area (Å²) < 4.78 is 47.0. The molecular formula is C28H27FN4O5S. The summed E-state index contributed by atoms with van der Waals surface area (Å²) in [5.41, 5.74) is 2.00. The standard InChI is InChI=1S/C28H27FN4O5S/c1-38-20-11-12-22-23(13-20)31-26-24(14-34)33(27(35)30-19-9-7-18(29)8-10-19)17-28(25(22)26)15-32(16-28)39(36,37)21-5-3-2-4-6-21/h2-13,24,31,34H,14-17H2,1H3,(H,30,35)/t24-/m0/s1. The fourth-order valence-corrected chi connectivity index (χ4v) is 7.38. The van der Waals surface area contributed by atoms with Gasteiger partial charge in [-0.2, -0.15) is 4.31 Å². The number of carbonyl (C=O) groups is 1. The first kappa shape index (κ1) is 25.4. The van der Waals surface area contributed by atoms with Gasteiger partial charge in [-0.15, -0.1) is 0 Å². The minimum absolute atomic E-state index is 0.161. The summed E-state index contributed by atoms with van der Waals surface area (Å²) in [6, 6.07) is 18.1. The summed E-state index contributed by atoms with van der Waals surface area (Å²) in [6.07, 6.45) is 0. The lowest BCUT2D eigenvalue weighted by atomic mass is 9.70. The van der Waals surface area contributed by atoms with E-state index in [9.17, 15) is 22.7 Å². The number of nitrogens with one attached hydrogen (secondary N) is 2. The van der Waals surface area contributed by atoms with Crippen molar-refractivity contribution in [1.29, 1.82) is 0 Å². The molecule has 2 aliphatic rings. The monoisotopic (exact) mass is 550 g/mol. The number of hydrogen-bond acceptors (Lipinski definition) is 5. The molecule has 1 spiro atoms. The van der Waals surface area contributed by atoms with E-state index >= 15 is 0 Å². The largest absolute Gasteiger partial charge is 0.497 e. The summed E-state index contributed by atoms with van der Waals surface area (Å²) in [6.45, 7) is 0.150. The topological polar surface area (TPSA) is 115 Å². The van der Waals surface area contributed by atoms with Crippen molar-refractivity contribution in [2.75, 3.05) is 38.7 Å². The lowest BCUT2D eigenvalue weighted by Gasteiger charge is -2.55. The number of carbonyl (C=O) groups excluding carboxylic acids is 1. The number of aromatic nitrogens is 1. The normalized spacial score (nSPS) is 18.5. The van der Waals surface area contributed by atoms with Gasteiger partial charge in [-0.1, -0.05) is 18.2 Å². The van der Waals surface area contributed by atoms with Crippen LogP contribution in [0.5, 0.6) is 5.75 Å². The Morgan fingerprint density at radius 3 is 2.49 bits per heavy atom. The molecule has 0 saturated carbocycles. The summed E-state index contributed by atoms with van der Waals surface area (Å²) in [7, 11) is -2.17. The number of halogens is 1. The number of anilines is 1. The number of aliphatic hydroxyl groups excluding tert-OH is 1. The Morgan fingerprint density at radius 2 is 1.82 bits per heavy atom. The highest BCUT2D eigenvalue weighted by Crippen LogP contribution is 2.49. The van der Waals surface area contributed by atoms with E-state index in [0.29, 0.717) is 17.1 Å². The van der Waals surface area contributed by atoms with Crippen molar-refractivity contribution in [1.82, 2.24) is 14.2 Å². The van der Waals surface area contributed by atoms with E-state index < -0.39 is 33.3 Å². The number of fused-ring (bicyclic) bond motifs is 4. The van der Waals surface area contributed by atoms with Crippen molar-refractivity contribution >= 4 is 32.6 Å². The van der Waals surface area contributed by atoms with Gasteiger partial charge in [-0.3, -0.25) is 0 Å². The molecule has 4 aromatic rings. The molecule has 202 valence electrons. The van der Waals surface area contributed by atoms with Crippen molar-refractivity contribution < 1.29 is 27.4 Å². The van der Waals surface area contributed by atoms with Gasteiger partial charge in [0.15, 0.2) is 0 Å². The molecule has 39 heavy (non-hydrogen) atoms. The molecule has 11 heteroatoms. The van der Waals surface area contributed by atoms with E-state index in [1.165, 1.54) is 33.5 Å². The number of aromatic amines is 1. The zero-order valence-corrected chi connectivity index (χ0v) is 21.9. The maximum atomic E-state index is 13.5. The van der Waals surface area contributed by atoms with E-state index in [1.54, 1.807) is 37.4 Å². The molecule has 2 aliphatic heterocycles. The minimum Gasteiger partial charge on any atom is -0.497 e. The molecule has 3 heterocycles. The smallest absolute Gasteiger partial charge is 0.322 e. The zero-order valence-electron chi connectivity index (χ0n) is 21.1. The fraction of sp³-hybridized carbons (Fsp3) is 0.250. The third kappa shape index (κ3) is 4.13. The van der Waals surface area contributed by atoms with Gasteiger partial charge in [0.25, 0.3) is 0 Å². The average molecular weight is 551 g/mol. The first-order chi connectivity index (χ1) is 18.8. The second-order valence-corrected chi connectivity index (χ2v) is 11.9. The highest BCUT2D eigenvalue weighted by molar-refractivity contribution is 7.89. The molecule has 1 saturated heterocycles. The van der Waals surface area contributed by atoms with Crippen molar-refractivity contribution in [3.05, 3.63) is 89.9 Å². The van der Waals surface area contributed by atoms with Gasteiger partial charge in [0.2, 0.25) is 10.0 Å². The molecule has 1 fully saturated rings. The van der Waals surface area contributed by atoms with Crippen LogP contribution >= 0.6 is 0 Å². The van der Waals surface area contributed by atoms with Crippen LogP contribution in [0, 0.1) is 5.82 Å². The maximum Gasteiger partial charge on any atom is 0.322 e. The molecule has 3 N–H and O–H groups in total. The lowest BCUT2D eigenvalue weighted by molar-refractivity contribution is 0.0550. The number of H-pyrrole nitrogens is 1. The van der Waals surface area contributed by atoms with Crippen LogP contribution in [0.1, 0.15) is 17.3 Å². The Morgan fingerprint density at radius 1 is 1.10 bits per heavy atom. The number of aliphatic hydroxyl groups is 1. The molecule has 0 unspecified atom stereocenters. The Balaban J connectivity index is 1.41.